The number of carbonyl (C=O) groups excluding carboxylic acids is 1. The van der Waals surface area contributed by atoms with Gasteiger partial charge in [0.1, 0.15) is 6.54 Å². The molecule has 1 heterocycles. The van der Waals surface area contributed by atoms with Crippen molar-refractivity contribution in [1.82, 2.24) is 14.6 Å². The Morgan fingerprint density at radius 1 is 1.33 bits per heavy atom. The average Bonchev–Trinajstić information content (AvgIpc) is 3.05. The van der Waals surface area contributed by atoms with Gasteiger partial charge in [-0.25, -0.2) is 9.52 Å². The Kier molecular flexibility index (Phi) is 10.9. The van der Waals surface area contributed by atoms with E-state index in [1.54, 1.807) is 6.20 Å². The van der Waals surface area contributed by atoms with Gasteiger partial charge in [-0.2, -0.15) is 5.10 Å². The topological polar surface area (TPSA) is 56.1 Å². The molecule has 1 aromatic heterocycles. The van der Waals surface area contributed by atoms with E-state index in [0.29, 0.717) is 0 Å². The molecule has 1 aromatic carbocycles. The largest absolute Gasteiger partial charge is 0.468 e. The van der Waals surface area contributed by atoms with Crippen LogP contribution in [-0.4, -0.2) is 29.4 Å². The summed E-state index contributed by atoms with van der Waals surface area (Å²) in [5.41, 5.74) is 2.37. The molecule has 5 nitrogen and oxygen atoms in total. The van der Waals surface area contributed by atoms with Crippen LogP contribution in [0.1, 0.15) is 19.4 Å². The fourth-order valence-corrected chi connectivity index (χ4v) is 1.35. The van der Waals surface area contributed by atoms with Gasteiger partial charge in [-0.05, 0) is 36.9 Å². The number of aryl methyl sites for hydroxylation is 1. The molecule has 0 saturated carbocycles. The second-order valence-electron chi connectivity index (χ2n) is 3.67. The Bertz CT molecular complexity index is 484. The smallest absolute Gasteiger partial charge is 0.320 e. The number of esters is 1. The minimum Gasteiger partial charge on any atom is -0.468 e. The van der Waals surface area contributed by atoms with Crippen molar-refractivity contribution in [3.8, 4) is 5.69 Å². The molecule has 0 bridgehead atoms. The van der Waals surface area contributed by atoms with E-state index >= 15 is 0 Å². The molecule has 2 aromatic rings. The summed E-state index contributed by atoms with van der Waals surface area (Å²) in [5.74, 6) is -0.366. The number of methoxy groups -OCH3 is 1. The van der Waals surface area contributed by atoms with Crippen molar-refractivity contribution >= 4 is 17.7 Å². The van der Waals surface area contributed by atoms with Crippen molar-refractivity contribution in [3.63, 3.8) is 0 Å². The van der Waals surface area contributed by atoms with Crippen LogP contribution in [0, 0.1) is 6.92 Å². The second-order valence-corrected chi connectivity index (χ2v) is 3.94. The van der Waals surface area contributed by atoms with Crippen LogP contribution in [0.15, 0.2) is 42.7 Å². The van der Waals surface area contributed by atoms with Crippen molar-refractivity contribution in [2.24, 2.45) is 0 Å². The van der Waals surface area contributed by atoms with Gasteiger partial charge in [0.2, 0.25) is 0 Å². The summed E-state index contributed by atoms with van der Waals surface area (Å²) in [6.07, 6.45) is 3.71. The number of carbonyl (C=O) groups is 1. The van der Waals surface area contributed by atoms with Gasteiger partial charge in [0.15, 0.2) is 0 Å². The highest BCUT2D eigenvalue weighted by atomic mass is 35.5. The molecule has 116 valence electrons. The van der Waals surface area contributed by atoms with E-state index in [0.717, 1.165) is 5.69 Å². The average molecular weight is 312 g/mol. The first-order valence-electron chi connectivity index (χ1n) is 6.64. The first kappa shape index (κ1) is 19.1. The maximum Gasteiger partial charge on any atom is 0.320 e. The number of ether oxygens (including phenoxy) is 1. The predicted molar refractivity (Wildman–Crippen MR) is 85.5 cm³/mol. The maximum absolute atomic E-state index is 10.0. The normalized spacial score (nSPS) is 8.81. The van der Waals surface area contributed by atoms with E-state index in [1.807, 2.05) is 30.8 Å². The van der Waals surface area contributed by atoms with Gasteiger partial charge in [0.05, 0.1) is 12.8 Å². The van der Waals surface area contributed by atoms with E-state index in [9.17, 15) is 4.79 Å². The highest BCUT2D eigenvalue weighted by molar-refractivity contribution is 6.14. The standard InChI is InChI=1S/C10H10N2.C3H6ClNO2.C2H6/c1-9-3-5-10(6-4-9)12-8-2-7-11-12;1-7-3(6)2-5-4;1-2/h2-8H,1H3;5H,2H2,1H3;1-2H3. The number of aromatic nitrogens is 2. The highest BCUT2D eigenvalue weighted by Gasteiger charge is 1.93. The monoisotopic (exact) mass is 311 g/mol. The lowest BCUT2D eigenvalue weighted by Gasteiger charge is -2.00. The lowest BCUT2D eigenvalue weighted by Crippen LogP contribution is -2.15. The van der Waals surface area contributed by atoms with Crippen LogP contribution in [-0.2, 0) is 9.53 Å². The van der Waals surface area contributed by atoms with E-state index in [-0.39, 0.29) is 12.5 Å². The summed E-state index contributed by atoms with van der Waals surface area (Å²) in [4.78, 5) is 12.2. The van der Waals surface area contributed by atoms with Gasteiger partial charge in [-0.3, -0.25) is 4.79 Å². The molecule has 2 rings (SSSR count). The summed E-state index contributed by atoms with van der Waals surface area (Å²) in [6.45, 7) is 6.13. The Labute approximate surface area is 131 Å². The van der Waals surface area contributed by atoms with Gasteiger partial charge < -0.3 is 4.74 Å². The fraction of sp³-hybridized carbons (Fsp3) is 0.333. The van der Waals surface area contributed by atoms with Crippen molar-refractivity contribution in [2.75, 3.05) is 13.7 Å². The molecule has 0 radical (unpaired) electrons. The van der Waals surface area contributed by atoms with E-state index in [1.165, 1.54) is 12.7 Å². The van der Waals surface area contributed by atoms with Crippen LogP contribution in [0.5, 0.6) is 0 Å². The Balaban J connectivity index is 0.000000385. The van der Waals surface area contributed by atoms with E-state index in [2.05, 4.69) is 45.9 Å². The van der Waals surface area contributed by atoms with Gasteiger partial charge in [0, 0.05) is 12.4 Å². The first-order valence-corrected chi connectivity index (χ1v) is 7.02. The zero-order chi connectivity index (χ0) is 16.1. The molecule has 0 fully saturated rings. The van der Waals surface area contributed by atoms with Gasteiger partial charge in [-0.1, -0.05) is 31.5 Å². The summed E-state index contributed by atoms with van der Waals surface area (Å²) in [6, 6.07) is 10.2. The van der Waals surface area contributed by atoms with Crippen LogP contribution in [0.2, 0.25) is 0 Å². The third kappa shape index (κ3) is 8.12. The molecule has 6 heteroatoms. The van der Waals surface area contributed by atoms with Crippen LogP contribution in [0.3, 0.4) is 0 Å². The number of rotatable bonds is 3. The predicted octanol–water partition coefficient (Wildman–Crippen LogP) is 3.11. The van der Waals surface area contributed by atoms with Gasteiger partial charge in [0.25, 0.3) is 0 Å². The van der Waals surface area contributed by atoms with Crippen molar-refractivity contribution in [3.05, 3.63) is 48.3 Å². The summed E-state index contributed by atoms with van der Waals surface area (Å²) in [7, 11) is 1.30. The second kappa shape index (κ2) is 11.9. The SMILES string of the molecule is CC.COC(=O)CNCl.Cc1ccc(-n2cccn2)cc1. The molecule has 0 unspecified atom stereocenters. The molecule has 0 aliphatic carbocycles. The van der Waals surface area contributed by atoms with Crippen LogP contribution >= 0.6 is 11.8 Å². The summed E-state index contributed by atoms with van der Waals surface area (Å²) < 4.78 is 6.05. The zero-order valence-electron chi connectivity index (χ0n) is 12.8. The molecular weight excluding hydrogens is 290 g/mol. The molecule has 1 N–H and O–H groups in total. The summed E-state index contributed by atoms with van der Waals surface area (Å²) in [5, 5.41) is 4.13. The van der Waals surface area contributed by atoms with Crippen LogP contribution in [0.4, 0.5) is 0 Å². The maximum atomic E-state index is 10.0. The number of hydrogen-bond donors (Lipinski definition) is 1. The Hall–Kier alpha value is -1.85. The van der Waals surface area contributed by atoms with Crippen molar-refractivity contribution < 1.29 is 9.53 Å². The third-order valence-electron chi connectivity index (χ3n) is 2.24. The van der Waals surface area contributed by atoms with Gasteiger partial charge in [-0.15, -0.1) is 0 Å². The number of halogens is 1. The third-order valence-corrected chi connectivity index (χ3v) is 2.38. The Morgan fingerprint density at radius 3 is 2.33 bits per heavy atom. The minimum absolute atomic E-state index is 0.0536. The molecular formula is C15H22ClN3O2. The fourth-order valence-electron chi connectivity index (χ4n) is 1.25. The van der Waals surface area contributed by atoms with Gasteiger partial charge >= 0.3 is 5.97 Å². The first-order chi connectivity index (χ1) is 10.2. The molecule has 0 aliphatic heterocycles. The number of nitrogens with one attached hydrogen (secondary N) is 1. The van der Waals surface area contributed by atoms with E-state index < -0.39 is 0 Å². The summed E-state index contributed by atoms with van der Waals surface area (Å²) >= 11 is 4.92. The quantitative estimate of drug-likeness (QED) is 0.699. The van der Waals surface area contributed by atoms with Crippen LogP contribution in [0.25, 0.3) is 5.69 Å². The Morgan fingerprint density at radius 2 is 1.95 bits per heavy atom. The van der Waals surface area contributed by atoms with Crippen molar-refractivity contribution in [1.29, 1.82) is 0 Å². The van der Waals surface area contributed by atoms with Crippen molar-refractivity contribution in [2.45, 2.75) is 20.8 Å². The molecule has 0 atom stereocenters. The van der Waals surface area contributed by atoms with Crippen LogP contribution < -0.4 is 4.84 Å². The molecule has 21 heavy (non-hydrogen) atoms. The number of nitrogens with zero attached hydrogens (tertiary/aromatic N) is 2. The number of hydrogen-bond acceptors (Lipinski definition) is 4. The molecule has 0 spiro atoms. The molecule has 0 amide bonds. The molecule has 0 aliphatic rings. The molecule has 0 saturated heterocycles. The lowest BCUT2D eigenvalue weighted by atomic mass is 10.2. The lowest BCUT2D eigenvalue weighted by molar-refractivity contribution is -0.139. The number of benzene rings is 1. The highest BCUT2D eigenvalue weighted by Crippen LogP contribution is 2.06. The minimum atomic E-state index is -0.366. The van der Waals surface area contributed by atoms with E-state index in [4.69, 9.17) is 11.8 Å². The zero-order valence-corrected chi connectivity index (χ0v) is 13.6.